The third-order valence-corrected chi connectivity index (χ3v) is 6.61. The molecule has 0 saturated heterocycles. The van der Waals surface area contributed by atoms with E-state index >= 15 is 0 Å². The highest BCUT2D eigenvalue weighted by Gasteiger charge is 2.42. The van der Waals surface area contributed by atoms with E-state index in [1.54, 1.807) is 14.2 Å². The lowest BCUT2D eigenvalue weighted by atomic mass is 9.84. The number of nitrogens with one attached hydrogen (secondary N) is 1. The number of amides is 1. The number of benzene rings is 1. The Morgan fingerprint density at radius 1 is 1.14 bits per heavy atom. The first-order valence-electron chi connectivity index (χ1n) is 9.56. The molecule has 152 valence electrons. The highest BCUT2D eigenvalue weighted by molar-refractivity contribution is 7.19. The molecule has 2 aromatic rings. The fraction of sp³-hybridized carbons (Fsp3) is 0.524. The molecule has 1 amide bonds. The first-order valence-corrected chi connectivity index (χ1v) is 10.4. The van der Waals surface area contributed by atoms with Gasteiger partial charge in [-0.15, -0.1) is 11.3 Å². The zero-order chi connectivity index (χ0) is 20.3. The van der Waals surface area contributed by atoms with E-state index in [0.29, 0.717) is 11.5 Å². The highest BCUT2D eigenvalue weighted by Crippen LogP contribution is 2.38. The van der Waals surface area contributed by atoms with E-state index in [9.17, 15) is 14.7 Å². The molecule has 1 heterocycles. The molecule has 28 heavy (non-hydrogen) atoms. The van der Waals surface area contributed by atoms with Crippen LogP contribution in [0.15, 0.2) is 18.2 Å². The molecule has 1 aliphatic carbocycles. The van der Waals surface area contributed by atoms with Crippen LogP contribution in [-0.2, 0) is 16.0 Å². The zero-order valence-electron chi connectivity index (χ0n) is 16.5. The van der Waals surface area contributed by atoms with Crippen molar-refractivity contribution in [2.45, 2.75) is 51.5 Å². The summed E-state index contributed by atoms with van der Waals surface area (Å²) in [5.74, 6) is -0.261. The number of carboxylic acid groups (broad SMARTS) is 1. The second kappa shape index (κ2) is 8.39. The average molecular weight is 406 g/mol. The summed E-state index contributed by atoms with van der Waals surface area (Å²) in [4.78, 5) is 25.7. The van der Waals surface area contributed by atoms with Crippen LogP contribution in [0.2, 0.25) is 0 Å². The van der Waals surface area contributed by atoms with Crippen molar-refractivity contribution in [3.63, 3.8) is 0 Å². The van der Waals surface area contributed by atoms with Crippen molar-refractivity contribution >= 4 is 33.3 Å². The van der Waals surface area contributed by atoms with Gasteiger partial charge in [-0.1, -0.05) is 19.3 Å². The molecule has 1 aliphatic rings. The number of hydrogen-bond acceptors (Lipinski definition) is 5. The molecule has 3 rings (SSSR count). The molecule has 1 atom stereocenters. The van der Waals surface area contributed by atoms with E-state index in [1.807, 2.05) is 18.2 Å². The summed E-state index contributed by atoms with van der Waals surface area (Å²) in [7, 11) is 3.16. The first-order chi connectivity index (χ1) is 13.4. The number of thiophene rings is 1. The van der Waals surface area contributed by atoms with E-state index < -0.39 is 17.3 Å². The van der Waals surface area contributed by atoms with Gasteiger partial charge in [-0.25, -0.2) is 0 Å². The van der Waals surface area contributed by atoms with E-state index in [-0.39, 0.29) is 12.5 Å². The van der Waals surface area contributed by atoms with Gasteiger partial charge in [0.25, 0.3) is 0 Å². The maximum absolute atomic E-state index is 12.9. The van der Waals surface area contributed by atoms with Crippen LogP contribution in [-0.4, -0.2) is 37.2 Å². The Kier molecular flexibility index (Phi) is 6.13. The van der Waals surface area contributed by atoms with Gasteiger partial charge in [0.1, 0.15) is 5.41 Å². The van der Waals surface area contributed by atoms with Gasteiger partial charge >= 0.3 is 5.97 Å². The number of ether oxygens (including phenoxy) is 2. The van der Waals surface area contributed by atoms with Gasteiger partial charge in [0.05, 0.1) is 14.2 Å². The smallest absolute Gasteiger partial charge is 0.319 e. The number of methoxy groups -OCH3 is 2. The van der Waals surface area contributed by atoms with Gasteiger partial charge < -0.3 is 19.9 Å². The molecular formula is C21H27NO5S. The molecule has 1 fully saturated rings. The number of fused-ring (bicyclic) bond motifs is 1. The quantitative estimate of drug-likeness (QED) is 0.680. The third-order valence-electron chi connectivity index (χ3n) is 5.51. The minimum atomic E-state index is -1.51. The summed E-state index contributed by atoms with van der Waals surface area (Å²) in [5, 5.41) is 13.8. The Labute approximate surface area is 168 Å². The van der Waals surface area contributed by atoms with Crippen LogP contribution < -0.4 is 14.8 Å². The summed E-state index contributed by atoms with van der Waals surface area (Å²) in [5.41, 5.74) is -1.51. The maximum Gasteiger partial charge on any atom is 0.319 e. The maximum atomic E-state index is 12.9. The molecule has 6 nitrogen and oxygen atoms in total. The van der Waals surface area contributed by atoms with Crippen LogP contribution in [0.4, 0.5) is 0 Å². The van der Waals surface area contributed by atoms with Crippen LogP contribution in [0.1, 0.15) is 43.9 Å². The largest absolute Gasteiger partial charge is 0.493 e. The van der Waals surface area contributed by atoms with Gasteiger partial charge in [0, 0.05) is 28.1 Å². The van der Waals surface area contributed by atoms with Gasteiger partial charge in [0.2, 0.25) is 5.91 Å². The zero-order valence-corrected chi connectivity index (χ0v) is 17.4. The molecule has 0 spiro atoms. The van der Waals surface area contributed by atoms with Gasteiger partial charge in [-0.05, 0) is 37.3 Å². The molecule has 0 radical (unpaired) electrons. The van der Waals surface area contributed by atoms with Gasteiger partial charge in [0.15, 0.2) is 11.5 Å². The van der Waals surface area contributed by atoms with E-state index in [2.05, 4.69) is 5.32 Å². The Bertz CT molecular complexity index is 830. The topological polar surface area (TPSA) is 84.9 Å². The molecular weight excluding hydrogens is 378 g/mol. The fourth-order valence-corrected chi connectivity index (χ4v) is 4.93. The lowest BCUT2D eigenvalue weighted by Gasteiger charge is -2.29. The molecule has 2 N–H and O–H groups in total. The molecule has 1 aromatic carbocycles. The van der Waals surface area contributed by atoms with E-state index in [0.717, 1.165) is 40.6 Å². The number of carbonyl (C=O) groups is 2. The summed E-state index contributed by atoms with van der Waals surface area (Å²) in [6.07, 6.45) is 5.32. The lowest BCUT2D eigenvalue weighted by Crippen LogP contribution is -2.49. The predicted molar refractivity (Wildman–Crippen MR) is 109 cm³/mol. The van der Waals surface area contributed by atoms with Crippen molar-refractivity contribution in [1.82, 2.24) is 5.32 Å². The number of rotatable bonds is 7. The second-order valence-electron chi connectivity index (χ2n) is 7.58. The first kappa shape index (κ1) is 20.5. The summed E-state index contributed by atoms with van der Waals surface area (Å²) < 4.78 is 11.6. The Hall–Kier alpha value is -2.28. The lowest BCUT2D eigenvalue weighted by molar-refractivity contribution is -0.154. The predicted octanol–water partition coefficient (Wildman–Crippen LogP) is 4.00. The molecule has 1 aromatic heterocycles. The normalized spacial score (nSPS) is 17.1. The van der Waals surface area contributed by atoms with Crippen LogP contribution in [0.3, 0.4) is 0 Å². The number of aliphatic carboxylic acids is 1. The van der Waals surface area contributed by atoms with Crippen LogP contribution in [0, 0.1) is 5.41 Å². The Morgan fingerprint density at radius 3 is 2.39 bits per heavy atom. The fourth-order valence-electron chi connectivity index (χ4n) is 3.70. The van der Waals surface area contributed by atoms with Crippen molar-refractivity contribution in [1.29, 1.82) is 0 Å². The monoisotopic (exact) mass is 405 g/mol. The highest BCUT2D eigenvalue weighted by atomic mass is 32.1. The number of hydrogen-bond donors (Lipinski definition) is 2. The number of carbonyl (C=O) groups excluding carboxylic acids is 1. The van der Waals surface area contributed by atoms with Crippen LogP contribution >= 0.6 is 11.3 Å². The second-order valence-corrected chi connectivity index (χ2v) is 8.75. The summed E-state index contributed by atoms with van der Waals surface area (Å²) >= 11 is 1.47. The third kappa shape index (κ3) is 4.09. The molecule has 0 aliphatic heterocycles. The standard InChI is InChI=1S/C21H27NO5S/c1-21(20(24)25,19(23)22-14-7-5-4-6-8-14)12-15-9-13-10-16(26-2)17(27-3)11-18(13)28-15/h9-11,14H,4-8,12H2,1-3H3,(H,22,23)(H,24,25). The van der Waals surface area contributed by atoms with Crippen molar-refractivity contribution in [2.24, 2.45) is 5.41 Å². The van der Waals surface area contributed by atoms with Crippen LogP contribution in [0.5, 0.6) is 11.5 Å². The van der Waals surface area contributed by atoms with Crippen molar-refractivity contribution in [3.05, 3.63) is 23.1 Å². The average Bonchev–Trinajstić information content (AvgIpc) is 3.08. The van der Waals surface area contributed by atoms with E-state index in [4.69, 9.17) is 9.47 Å². The summed E-state index contributed by atoms with van der Waals surface area (Å²) in [6, 6.07) is 5.75. The van der Waals surface area contributed by atoms with Gasteiger partial charge in [-0.3, -0.25) is 9.59 Å². The minimum absolute atomic E-state index is 0.0795. The Morgan fingerprint density at radius 2 is 1.79 bits per heavy atom. The van der Waals surface area contributed by atoms with Crippen molar-refractivity contribution < 1.29 is 24.2 Å². The SMILES string of the molecule is COc1cc2cc(CC(C)(C(=O)O)C(=O)NC3CCCCC3)sc2cc1OC. The van der Waals surface area contributed by atoms with Crippen molar-refractivity contribution in [2.75, 3.05) is 14.2 Å². The van der Waals surface area contributed by atoms with Crippen LogP contribution in [0.25, 0.3) is 10.1 Å². The van der Waals surface area contributed by atoms with Crippen molar-refractivity contribution in [3.8, 4) is 11.5 Å². The molecule has 1 unspecified atom stereocenters. The minimum Gasteiger partial charge on any atom is -0.493 e. The number of carboxylic acids is 1. The van der Waals surface area contributed by atoms with E-state index in [1.165, 1.54) is 24.7 Å². The molecule has 1 saturated carbocycles. The summed E-state index contributed by atoms with van der Waals surface area (Å²) in [6.45, 7) is 1.51. The Balaban J connectivity index is 1.84. The molecule has 7 heteroatoms. The van der Waals surface area contributed by atoms with Gasteiger partial charge in [-0.2, -0.15) is 0 Å². The molecule has 0 bridgehead atoms.